The Morgan fingerprint density at radius 1 is 1.00 bits per heavy atom. The maximum Gasteiger partial charge on any atom is 0.255 e. The Morgan fingerprint density at radius 3 is 2.50 bits per heavy atom. The van der Waals surface area contributed by atoms with Crippen LogP contribution < -0.4 is 19.5 Å². The second-order valence-corrected chi connectivity index (χ2v) is 8.84. The summed E-state index contributed by atoms with van der Waals surface area (Å²) in [6.45, 7) is 4.53. The highest BCUT2D eigenvalue weighted by Crippen LogP contribution is 2.28. The highest BCUT2D eigenvalue weighted by molar-refractivity contribution is 5.96. The van der Waals surface area contributed by atoms with Crippen molar-refractivity contribution >= 4 is 5.91 Å². The van der Waals surface area contributed by atoms with E-state index in [-0.39, 0.29) is 19.1 Å². The summed E-state index contributed by atoms with van der Waals surface area (Å²) in [5, 5.41) is 13.7. The van der Waals surface area contributed by atoms with Gasteiger partial charge in [0, 0.05) is 19.6 Å². The molecule has 7 heteroatoms. The molecule has 0 aliphatic rings. The molecule has 3 rings (SSSR count). The average molecular weight is 517 g/mol. The van der Waals surface area contributed by atoms with E-state index in [0.717, 1.165) is 24.1 Å². The zero-order valence-corrected chi connectivity index (χ0v) is 22.1. The summed E-state index contributed by atoms with van der Waals surface area (Å²) < 4.78 is 16.9. The van der Waals surface area contributed by atoms with Gasteiger partial charge in [-0.05, 0) is 48.4 Å². The normalized spacial score (nSPS) is 11.4. The monoisotopic (exact) mass is 516 g/mol. The van der Waals surface area contributed by atoms with Crippen LogP contribution in [0, 0.1) is 12.3 Å². The van der Waals surface area contributed by atoms with Crippen LogP contribution in [-0.2, 0) is 13.1 Å². The smallest absolute Gasteiger partial charge is 0.255 e. The lowest BCUT2D eigenvalue weighted by atomic mass is 10.1. The summed E-state index contributed by atoms with van der Waals surface area (Å²) >= 11 is 0. The fraction of sp³-hybridized carbons (Fsp3) is 0.323. The number of hydrogen-bond donors (Lipinski definition) is 2. The Bertz CT molecular complexity index is 1190. The molecule has 0 aliphatic carbocycles. The molecule has 38 heavy (non-hydrogen) atoms. The van der Waals surface area contributed by atoms with Crippen LogP contribution in [-0.4, -0.2) is 55.4 Å². The number of aliphatic hydroxyl groups is 1. The lowest BCUT2D eigenvalue weighted by Crippen LogP contribution is -2.36. The minimum absolute atomic E-state index is 0.0579. The summed E-state index contributed by atoms with van der Waals surface area (Å²) in [7, 11) is 1.59. The molecule has 7 nitrogen and oxygen atoms in total. The van der Waals surface area contributed by atoms with Gasteiger partial charge in [-0.2, -0.15) is 0 Å². The second-order valence-electron chi connectivity index (χ2n) is 8.84. The molecule has 1 amide bonds. The first-order valence-electron chi connectivity index (χ1n) is 12.7. The third-order valence-corrected chi connectivity index (χ3v) is 5.81. The largest absolute Gasteiger partial charge is 0.493 e. The van der Waals surface area contributed by atoms with Gasteiger partial charge in [0.05, 0.1) is 12.7 Å². The van der Waals surface area contributed by atoms with Gasteiger partial charge in [-0.15, -0.1) is 6.42 Å². The van der Waals surface area contributed by atoms with Crippen molar-refractivity contribution in [1.29, 1.82) is 0 Å². The molecule has 0 aromatic heterocycles. The number of amides is 1. The van der Waals surface area contributed by atoms with Crippen molar-refractivity contribution in [1.82, 2.24) is 10.2 Å². The molecule has 2 N–H and O–H groups in total. The van der Waals surface area contributed by atoms with E-state index in [1.807, 2.05) is 54.6 Å². The third kappa shape index (κ3) is 8.84. The van der Waals surface area contributed by atoms with Crippen LogP contribution in [0.5, 0.6) is 17.2 Å². The van der Waals surface area contributed by atoms with Crippen LogP contribution in [0.4, 0.5) is 0 Å². The molecular weight excluding hydrogens is 480 g/mol. The number of rotatable bonds is 15. The van der Waals surface area contributed by atoms with Gasteiger partial charge in [-0.3, -0.25) is 9.69 Å². The van der Waals surface area contributed by atoms with Crippen LogP contribution in [0.15, 0.2) is 72.8 Å². The van der Waals surface area contributed by atoms with Gasteiger partial charge in [0.15, 0.2) is 11.5 Å². The molecule has 0 heterocycles. The second kappa shape index (κ2) is 15.3. The summed E-state index contributed by atoms with van der Waals surface area (Å²) in [6, 6.07) is 22.5. The van der Waals surface area contributed by atoms with Gasteiger partial charge in [-0.1, -0.05) is 61.4 Å². The van der Waals surface area contributed by atoms with Gasteiger partial charge in [0.25, 0.3) is 5.91 Å². The van der Waals surface area contributed by atoms with E-state index in [0.29, 0.717) is 42.4 Å². The molecule has 0 spiro atoms. The summed E-state index contributed by atoms with van der Waals surface area (Å²) in [5.41, 5.74) is 2.45. The molecule has 200 valence electrons. The summed E-state index contributed by atoms with van der Waals surface area (Å²) in [5.74, 6) is 3.88. The molecular formula is C31H36N2O5. The maximum absolute atomic E-state index is 12.8. The molecule has 1 atom stereocenters. The number of aliphatic hydroxyl groups excluding tert-OH is 1. The highest BCUT2D eigenvalue weighted by Gasteiger charge is 2.17. The van der Waals surface area contributed by atoms with Crippen molar-refractivity contribution in [3.05, 3.63) is 89.5 Å². The van der Waals surface area contributed by atoms with Crippen LogP contribution in [0.2, 0.25) is 0 Å². The van der Waals surface area contributed by atoms with Crippen molar-refractivity contribution in [3.63, 3.8) is 0 Å². The van der Waals surface area contributed by atoms with E-state index in [1.54, 1.807) is 25.3 Å². The van der Waals surface area contributed by atoms with E-state index in [9.17, 15) is 9.90 Å². The van der Waals surface area contributed by atoms with Crippen molar-refractivity contribution in [3.8, 4) is 29.6 Å². The molecule has 0 aliphatic heterocycles. The number of para-hydroxylation sites is 1. The van der Waals surface area contributed by atoms with Crippen molar-refractivity contribution in [2.24, 2.45) is 0 Å². The lowest BCUT2D eigenvalue weighted by molar-refractivity contribution is 0.0647. The third-order valence-electron chi connectivity index (χ3n) is 5.81. The highest BCUT2D eigenvalue weighted by atomic mass is 16.5. The molecule has 0 saturated carbocycles. The van der Waals surface area contributed by atoms with E-state index in [4.69, 9.17) is 20.6 Å². The number of nitrogens with zero attached hydrogens (tertiary/aromatic N) is 1. The predicted molar refractivity (Wildman–Crippen MR) is 148 cm³/mol. The minimum atomic E-state index is -0.752. The molecule has 0 fully saturated rings. The first-order valence-corrected chi connectivity index (χ1v) is 12.7. The fourth-order valence-corrected chi connectivity index (χ4v) is 4.05. The van der Waals surface area contributed by atoms with E-state index in [1.165, 1.54) is 0 Å². The topological polar surface area (TPSA) is 80.3 Å². The number of ether oxygens (including phenoxy) is 3. The van der Waals surface area contributed by atoms with Crippen LogP contribution in [0.25, 0.3) is 0 Å². The van der Waals surface area contributed by atoms with E-state index < -0.39 is 6.10 Å². The first-order chi connectivity index (χ1) is 18.5. The van der Waals surface area contributed by atoms with Gasteiger partial charge < -0.3 is 24.6 Å². The van der Waals surface area contributed by atoms with E-state index >= 15 is 0 Å². The Hall–Kier alpha value is -3.99. The number of methoxy groups -OCH3 is 1. The van der Waals surface area contributed by atoms with Crippen LogP contribution in [0.3, 0.4) is 0 Å². The van der Waals surface area contributed by atoms with Gasteiger partial charge in [0.1, 0.15) is 25.1 Å². The SMILES string of the molecule is C#CCOc1cc(CN(CCC)CC(O)COc2ccccc2C(=O)NCc2ccccc2)ccc1OC. The number of benzene rings is 3. The molecule has 1 unspecified atom stereocenters. The Labute approximate surface area is 225 Å². The van der Waals surface area contributed by atoms with Crippen LogP contribution in [0.1, 0.15) is 34.8 Å². The first kappa shape index (κ1) is 28.6. The van der Waals surface area contributed by atoms with Crippen molar-refractivity contribution in [2.45, 2.75) is 32.5 Å². The zero-order chi connectivity index (χ0) is 27.2. The lowest BCUT2D eigenvalue weighted by Gasteiger charge is -2.25. The van der Waals surface area contributed by atoms with Gasteiger partial charge in [-0.25, -0.2) is 0 Å². The number of carbonyl (C=O) groups excluding carboxylic acids is 1. The number of hydrogen-bond acceptors (Lipinski definition) is 6. The molecule has 3 aromatic carbocycles. The Balaban J connectivity index is 1.58. The summed E-state index contributed by atoms with van der Waals surface area (Å²) in [4.78, 5) is 14.9. The van der Waals surface area contributed by atoms with Crippen molar-refractivity contribution < 1.29 is 24.1 Å². The minimum Gasteiger partial charge on any atom is -0.493 e. The van der Waals surface area contributed by atoms with Crippen LogP contribution >= 0.6 is 0 Å². The van der Waals surface area contributed by atoms with Gasteiger partial charge >= 0.3 is 0 Å². The summed E-state index contributed by atoms with van der Waals surface area (Å²) in [6.07, 6.45) is 5.50. The Kier molecular flexibility index (Phi) is 11.5. The molecule has 0 saturated heterocycles. The standard InChI is InChI=1S/C31H36N2O5/c1-4-17-33(21-25-15-16-29(36-3)30(19-25)37-18-5-2)22-26(34)23-38-28-14-10-9-13-27(28)31(35)32-20-24-11-7-6-8-12-24/h2,6-16,19,26,34H,4,17-18,20-23H2,1,3H3,(H,32,35). The fourth-order valence-electron chi connectivity index (χ4n) is 4.05. The number of terminal acetylenes is 1. The van der Waals surface area contributed by atoms with Crippen molar-refractivity contribution in [2.75, 3.05) is 33.4 Å². The molecule has 3 aromatic rings. The predicted octanol–water partition coefficient (Wildman–Crippen LogP) is 4.29. The molecule has 0 bridgehead atoms. The average Bonchev–Trinajstić information content (AvgIpc) is 2.94. The zero-order valence-electron chi connectivity index (χ0n) is 22.1. The Morgan fingerprint density at radius 2 is 1.76 bits per heavy atom. The molecule has 0 radical (unpaired) electrons. The number of carbonyl (C=O) groups is 1. The quantitative estimate of drug-likeness (QED) is 0.294. The van der Waals surface area contributed by atoms with E-state index in [2.05, 4.69) is 23.1 Å². The number of nitrogens with one attached hydrogen (secondary N) is 1. The van der Waals surface area contributed by atoms with Gasteiger partial charge in [0.2, 0.25) is 0 Å². The maximum atomic E-state index is 12.8.